The number of aliphatic hydroxyl groups excluding tert-OH is 1. The molecule has 1 heterocycles. The first kappa shape index (κ1) is 13.4. The number of carbonyl (C=O) groups excluding carboxylic acids is 1. The van der Waals surface area contributed by atoms with Gasteiger partial charge in [-0.3, -0.25) is 4.90 Å². The van der Waals surface area contributed by atoms with Gasteiger partial charge in [0.05, 0.1) is 6.54 Å². The van der Waals surface area contributed by atoms with Crippen LogP contribution in [0, 0.1) is 0 Å². The quantitative estimate of drug-likeness (QED) is 0.745. The highest BCUT2D eigenvalue weighted by Gasteiger charge is 2.30. The Balaban J connectivity index is 2.06. The van der Waals surface area contributed by atoms with Crippen LogP contribution in [0.4, 0.5) is 10.5 Å². The maximum absolute atomic E-state index is 12.1. The number of hydrogen-bond acceptors (Lipinski definition) is 3. The van der Waals surface area contributed by atoms with Crippen molar-refractivity contribution in [2.45, 2.75) is 25.5 Å². The zero-order valence-corrected chi connectivity index (χ0v) is 10.5. The van der Waals surface area contributed by atoms with Gasteiger partial charge in [-0.25, -0.2) is 9.59 Å². The molecule has 0 aliphatic carbocycles. The number of amides is 2. The van der Waals surface area contributed by atoms with Crippen molar-refractivity contribution in [3.63, 3.8) is 0 Å². The smallest absolute Gasteiger partial charge is 0.334 e. The monoisotopic (exact) mass is 264 g/mol. The fourth-order valence-corrected chi connectivity index (χ4v) is 2.23. The highest BCUT2D eigenvalue weighted by atomic mass is 16.4. The number of urea groups is 1. The number of benzene rings is 1. The summed E-state index contributed by atoms with van der Waals surface area (Å²) in [5.41, 5.74) is 1.92. The summed E-state index contributed by atoms with van der Waals surface area (Å²) in [4.78, 5) is 24.1. The number of fused-ring (bicyclic) bond motifs is 1. The Bertz CT molecular complexity index is 503. The average Bonchev–Trinajstić information content (AvgIpc) is 2.71. The Morgan fingerprint density at radius 3 is 2.84 bits per heavy atom. The summed E-state index contributed by atoms with van der Waals surface area (Å²) in [6.45, 7) is 1.62. The Morgan fingerprint density at radius 1 is 1.47 bits per heavy atom. The number of carbonyl (C=O) groups is 2. The van der Waals surface area contributed by atoms with E-state index in [1.165, 1.54) is 0 Å². The number of para-hydroxylation sites is 1. The van der Waals surface area contributed by atoms with Crippen molar-refractivity contribution in [1.29, 1.82) is 0 Å². The third kappa shape index (κ3) is 2.68. The van der Waals surface area contributed by atoms with Gasteiger partial charge in [-0.15, -0.1) is 0 Å². The van der Waals surface area contributed by atoms with Crippen LogP contribution >= 0.6 is 0 Å². The molecule has 0 fully saturated rings. The van der Waals surface area contributed by atoms with Gasteiger partial charge in [0, 0.05) is 11.7 Å². The molecular formula is C13H16N2O4. The average molecular weight is 264 g/mol. The van der Waals surface area contributed by atoms with E-state index < -0.39 is 18.1 Å². The lowest BCUT2D eigenvalue weighted by atomic mass is 10.1. The molecule has 0 spiro atoms. The molecule has 0 saturated heterocycles. The molecule has 0 aromatic heterocycles. The molecule has 1 aliphatic rings. The lowest BCUT2D eigenvalue weighted by Gasteiger charge is -2.23. The van der Waals surface area contributed by atoms with E-state index in [0.717, 1.165) is 17.7 Å². The highest BCUT2D eigenvalue weighted by Crippen LogP contribution is 2.31. The van der Waals surface area contributed by atoms with Crippen LogP contribution in [0.1, 0.15) is 12.5 Å². The number of hydrogen-bond donors (Lipinski definition) is 3. The number of nitrogens with zero attached hydrogens (tertiary/aromatic N) is 1. The molecule has 1 aliphatic heterocycles. The van der Waals surface area contributed by atoms with Crippen LogP contribution in [-0.2, 0) is 11.2 Å². The van der Waals surface area contributed by atoms with Gasteiger partial charge in [-0.1, -0.05) is 18.2 Å². The van der Waals surface area contributed by atoms with Crippen molar-refractivity contribution in [2.75, 3.05) is 11.4 Å². The Morgan fingerprint density at radius 2 is 2.16 bits per heavy atom. The van der Waals surface area contributed by atoms with Crippen molar-refractivity contribution in [1.82, 2.24) is 5.32 Å². The molecule has 0 radical (unpaired) electrons. The standard InChI is InChI=1S/C13H16N2O4/c1-8-6-9-4-2-3-5-10(9)15(8)13(19)14-7-11(16)12(17)18/h2-5,8,11,16H,6-7H2,1H3,(H,14,19)(H,17,18)/t8?,11-/m0/s1. The molecule has 0 saturated carbocycles. The zero-order valence-electron chi connectivity index (χ0n) is 10.5. The summed E-state index contributed by atoms with van der Waals surface area (Å²) in [5, 5.41) is 20.1. The summed E-state index contributed by atoms with van der Waals surface area (Å²) < 4.78 is 0. The Hall–Kier alpha value is -2.08. The van der Waals surface area contributed by atoms with E-state index in [1.807, 2.05) is 31.2 Å². The second-order valence-electron chi connectivity index (χ2n) is 4.59. The number of anilines is 1. The van der Waals surface area contributed by atoms with E-state index in [9.17, 15) is 9.59 Å². The van der Waals surface area contributed by atoms with Gasteiger partial charge in [0.1, 0.15) is 0 Å². The van der Waals surface area contributed by atoms with Crippen molar-refractivity contribution in [2.24, 2.45) is 0 Å². The first-order chi connectivity index (χ1) is 9.00. The first-order valence-electron chi connectivity index (χ1n) is 6.06. The van der Waals surface area contributed by atoms with Crippen molar-refractivity contribution < 1.29 is 19.8 Å². The molecular weight excluding hydrogens is 248 g/mol. The van der Waals surface area contributed by atoms with Crippen LogP contribution in [0.25, 0.3) is 0 Å². The third-order valence-electron chi connectivity index (χ3n) is 3.16. The number of aliphatic hydroxyl groups is 1. The Kier molecular flexibility index (Phi) is 3.71. The van der Waals surface area contributed by atoms with Crippen LogP contribution in [-0.4, -0.2) is 40.9 Å². The van der Waals surface area contributed by atoms with E-state index in [1.54, 1.807) is 4.90 Å². The largest absolute Gasteiger partial charge is 0.479 e. The van der Waals surface area contributed by atoms with Crippen LogP contribution in [0.2, 0.25) is 0 Å². The minimum atomic E-state index is -1.59. The van der Waals surface area contributed by atoms with Gasteiger partial charge in [0.2, 0.25) is 0 Å². The number of aliphatic carboxylic acids is 1. The second kappa shape index (κ2) is 5.27. The second-order valence-corrected chi connectivity index (χ2v) is 4.59. The molecule has 2 atom stereocenters. The molecule has 102 valence electrons. The van der Waals surface area contributed by atoms with Gasteiger partial charge in [-0.2, -0.15) is 0 Å². The molecule has 1 aromatic carbocycles. The zero-order chi connectivity index (χ0) is 14.0. The summed E-state index contributed by atoms with van der Waals surface area (Å²) in [6, 6.07) is 7.21. The first-order valence-corrected chi connectivity index (χ1v) is 6.06. The van der Waals surface area contributed by atoms with Crippen LogP contribution in [0.15, 0.2) is 24.3 Å². The third-order valence-corrected chi connectivity index (χ3v) is 3.16. The van der Waals surface area contributed by atoms with Gasteiger partial charge >= 0.3 is 12.0 Å². The van der Waals surface area contributed by atoms with Crippen LogP contribution in [0.5, 0.6) is 0 Å². The van der Waals surface area contributed by atoms with Crippen LogP contribution < -0.4 is 10.2 Å². The molecule has 0 bridgehead atoms. The van der Waals surface area contributed by atoms with Crippen molar-refractivity contribution >= 4 is 17.7 Å². The van der Waals surface area contributed by atoms with Crippen molar-refractivity contribution in [3.05, 3.63) is 29.8 Å². The number of nitrogens with one attached hydrogen (secondary N) is 1. The molecule has 2 amide bonds. The number of rotatable bonds is 3. The molecule has 6 nitrogen and oxygen atoms in total. The molecule has 3 N–H and O–H groups in total. The molecule has 19 heavy (non-hydrogen) atoms. The van der Waals surface area contributed by atoms with Gasteiger partial charge in [0.15, 0.2) is 6.10 Å². The SMILES string of the molecule is CC1Cc2ccccc2N1C(=O)NC[C@H](O)C(=O)O. The van der Waals surface area contributed by atoms with E-state index in [0.29, 0.717) is 0 Å². The van der Waals surface area contributed by atoms with Crippen molar-refractivity contribution in [3.8, 4) is 0 Å². The summed E-state index contributed by atoms with van der Waals surface area (Å²) in [6.07, 6.45) is -0.817. The minimum absolute atomic E-state index is 0.0133. The van der Waals surface area contributed by atoms with Gasteiger partial charge in [0.25, 0.3) is 0 Å². The predicted molar refractivity (Wildman–Crippen MR) is 69.1 cm³/mol. The van der Waals surface area contributed by atoms with E-state index >= 15 is 0 Å². The minimum Gasteiger partial charge on any atom is -0.479 e. The lowest BCUT2D eigenvalue weighted by molar-refractivity contribution is -0.146. The van der Waals surface area contributed by atoms with E-state index in [4.69, 9.17) is 10.2 Å². The molecule has 6 heteroatoms. The van der Waals surface area contributed by atoms with Crippen LogP contribution in [0.3, 0.4) is 0 Å². The molecule has 2 rings (SSSR count). The Labute approximate surface area is 110 Å². The maximum Gasteiger partial charge on any atom is 0.334 e. The lowest BCUT2D eigenvalue weighted by Crippen LogP contribution is -2.46. The summed E-state index contributed by atoms with van der Waals surface area (Å²) in [5.74, 6) is -1.35. The summed E-state index contributed by atoms with van der Waals surface area (Å²) in [7, 11) is 0. The molecule has 1 unspecified atom stereocenters. The summed E-state index contributed by atoms with van der Waals surface area (Å²) >= 11 is 0. The highest BCUT2D eigenvalue weighted by molar-refractivity contribution is 5.95. The number of carboxylic acid groups (broad SMARTS) is 1. The van der Waals surface area contributed by atoms with Gasteiger partial charge < -0.3 is 15.5 Å². The van der Waals surface area contributed by atoms with Gasteiger partial charge in [-0.05, 0) is 25.0 Å². The fourth-order valence-electron chi connectivity index (χ4n) is 2.23. The fraction of sp³-hybridized carbons (Fsp3) is 0.385. The topological polar surface area (TPSA) is 89.9 Å². The number of carboxylic acids is 1. The normalized spacial score (nSPS) is 18.8. The predicted octanol–water partition coefficient (Wildman–Crippen LogP) is 0.593. The molecule has 1 aromatic rings. The van der Waals surface area contributed by atoms with E-state index in [-0.39, 0.29) is 12.6 Å². The maximum atomic E-state index is 12.1. The van der Waals surface area contributed by atoms with E-state index in [2.05, 4.69) is 5.32 Å².